The molecule has 0 bridgehead atoms. The van der Waals surface area contributed by atoms with Crippen LogP contribution in [0.25, 0.3) is 10.9 Å². The average molecular weight is 268 g/mol. The zero-order valence-corrected chi connectivity index (χ0v) is 12.0. The summed E-state index contributed by atoms with van der Waals surface area (Å²) >= 11 is 0. The number of quaternary nitrogens is 1. The maximum absolute atomic E-state index is 4.48. The van der Waals surface area contributed by atoms with Crippen LogP contribution in [-0.4, -0.2) is 48.7 Å². The highest BCUT2D eigenvalue weighted by atomic mass is 15.4. The zero-order chi connectivity index (χ0) is 13.4. The SMILES string of the molecule is c1ccc2c(N3CC[N+]4(CCCC4)CC3)ccnc2c1. The van der Waals surface area contributed by atoms with E-state index < -0.39 is 0 Å². The molecular formula is C17H22N3+. The van der Waals surface area contributed by atoms with E-state index in [0.717, 1.165) is 5.52 Å². The molecule has 20 heavy (non-hydrogen) atoms. The van der Waals surface area contributed by atoms with Crippen molar-refractivity contribution >= 4 is 16.6 Å². The molecule has 3 heterocycles. The van der Waals surface area contributed by atoms with E-state index in [0.29, 0.717) is 0 Å². The summed E-state index contributed by atoms with van der Waals surface area (Å²) in [6, 6.07) is 10.7. The number of piperazine rings is 1. The smallest absolute Gasteiger partial charge is 0.0965 e. The van der Waals surface area contributed by atoms with Gasteiger partial charge in [0.2, 0.25) is 0 Å². The molecule has 2 saturated heterocycles. The summed E-state index contributed by atoms with van der Waals surface area (Å²) in [6.45, 7) is 7.82. The largest absolute Gasteiger partial charge is 0.360 e. The molecule has 0 atom stereocenters. The standard InChI is InChI=1S/C17H22N3/c1-2-6-16-15(5-1)17(7-8-18-16)19-9-13-20(14-10-19)11-3-4-12-20/h1-2,5-8H,3-4,9-14H2/q+1. The second-order valence-electron chi connectivity index (χ2n) is 6.28. The lowest BCUT2D eigenvalue weighted by molar-refractivity contribution is -0.917. The fourth-order valence-electron chi connectivity index (χ4n) is 3.94. The molecule has 3 nitrogen and oxygen atoms in total. The second kappa shape index (κ2) is 4.74. The van der Waals surface area contributed by atoms with E-state index in [1.165, 1.54) is 67.7 Å². The number of hydrogen-bond acceptors (Lipinski definition) is 2. The highest BCUT2D eigenvalue weighted by molar-refractivity contribution is 5.91. The minimum atomic E-state index is 1.11. The molecule has 1 spiro atoms. The van der Waals surface area contributed by atoms with Gasteiger partial charge in [0, 0.05) is 30.1 Å². The predicted octanol–water partition coefficient (Wildman–Crippen LogP) is 2.67. The number of aromatic nitrogens is 1. The molecule has 0 N–H and O–H groups in total. The Balaban J connectivity index is 1.61. The van der Waals surface area contributed by atoms with Crippen molar-refractivity contribution < 1.29 is 4.48 Å². The summed E-state index contributed by atoms with van der Waals surface area (Å²) in [7, 11) is 0. The highest BCUT2D eigenvalue weighted by Gasteiger charge is 2.35. The van der Waals surface area contributed by atoms with Gasteiger partial charge >= 0.3 is 0 Å². The number of pyridine rings is 1. The first-order chi connectivity index (χ1) is 9.86. The van der Waals surface area contributed by atoms with E-state index in [9.17, 15) is 0 Å². The van der Waals surface area contributed by atoms with Crippen LogP contribution < -0.4 is 4.90 Å². The van der Waals surface area contributed by atoms with Gasteiger partial charge in [0.25, 0.3) is 0 Å². The minimum Gasteiger partial charge on any atom is -0.360 e. The van der Waals surface area contributed by atoms with E-state index >= 15 is 0 Å². The number of hydrogen-bond donors (Lipinski definition) is 0. The molecular weight excluding hydrogens is 246 g/mol. The molecule has 1 aromatic carbocycles. The first-order valence-corrected chi connectivity index (χ1v) is 7.80. The van der Waals surface area contributed by atoms with Crippen LogP contribution >= 0.6 is 0 Å². The van der Waals surface area contributed by atoms with Crippen molar-refractivity contribution in [2.24, 2.45) is 0 Å². The van der Waals surface area contributed by atoms with Crippen molar-refractivity contribution in [2.75, 3.05) is 44.2 Å². The normalized spacial score (nSPS) is 21.7. The molecule has 0 aliphatic carbocycles. The Morgan fingerprint density at radius 2 is 1.65 bits per heavy atom. The summed E-state index contributed by atoms with van der Waals surface area (Å²) in [5, 5.41) is 1.30. The molecule has 2 aliphatic rings. The number of fused-ring (bicyclic) bond motifs is 1. The second-order valence-corrected chi connectivity index (χ2v) is 6.28. The van der Waals surface area contributed by atoms with Crippen molar-refractivity contribution in [1.29, 1.82) is 0 Å². The average Bonchev–Trinajstić information content (AvgIpc) is 2.96. The molecule has 2 aliphatic heterocycles. The third-order valence-electron chi connectivity index (χ3n) is 5.17. The van der Waals surface area contributed by atoms with Gasteiger partial charge < -0.3 is 9.38 Å². The van der Waals surface area contributed by atoms with Crippen LogP contribution in [0.5, 0.6) is 0 Å². The Hall–Kier alpha value is -1.61. The van der Waals surface area contributed by atoms with E-state index in [1.54, 1.807) is 0 Å². The molecule has 2 fully saturated rings. The summed E-state index contributed by atoms with van der Waals surface area (Å²) in [4.78, 5) is 7.04. The van der Waals surface area contributed by atoms with Gasteiger partial charge in [-0.15, -0.1) is 0 Å². The monoisotopic (exact) mass is 268 g/mol. The van der Waals surface area contributed by atoms with Gasteiger partial charge in [0.1, 0.15) is 0 Å². The first kappa shape index (κ1) is 12.2. The molecule has 3 heteroatoms. The van der Waals surface area contributed by atoms with Gasteiger partial charge in [-0.05, 0) is 12.1 Å². The summed E-state index contributed by atoms with van der Waals surface area (Å²) in [5.41, 5.74) is 2.48. The van der Waals surface area contributed by atoms with Crippen LogP contribution in [0.3, 0.4) is 0 Å². The fraction of sp³-hybridized carbons (Fsp3) is 0.471. The molecule has 0 radical (unpaired) electrons. The van der Waals surface area contributed by atoms with Gasteiger partial charge in [-0.2, -0.15) is 0 Å². The summed E-state index contributed by atoms with van der Waals surface area (Å²) in [6.07, 6.45) is 4.81. The molecule has 2 aromatic rings. The molecule has 0 saturated carbocycles. The van der Waals surface area contributed by atoms with E-state index in [2.05, 4.69) is 40.2 Å². The molecule has 4 rings (SSSR count). The number of anilines is 1. The molecule has 0 unspecified atom stereocenters. The summed E-state index contributed by atoms with van der Waals surface area (Å²) < 4.78 is 1.37. The van der Waals surface area contributed by atoms with Gasteiger partial charge in [-0.1, -0.05) is 18.2 Å². The van der Waals surface area contributed by atoms with E-state index in [1.807, 2.05) is 6.20 Å². The Morgan fingerprint density at radius 1 is 0.900 bits per heavy atom. The number of nitrogens with zero attached hydrogens (tertiary/aromatic N) is 3. The fourth-order valence-corrected chi connectivity index (χ4v) is 3.94. The molecule has 104 valence electrons. The first-order valence-electron chi connectivity index (χ1n) is 7.80. The number of rotatable bonds is 1. The van der Waals surface area contributed by atoms with E-state index in [-0.39, 0.29) is 0 Å². The Bertz CT molecular complexity index is 601. The van der Waals surface area contributed by atoms with Crippen molar-refractivity contribution in [3.63, 3.8) is 0 Å². The maximum Gasteiger partial charge on any atom is 0.0965 e. The van der Waals surface area contributed by atoms with Gasteiger partial charge in [0.15, 0.2) is 0 Å². The molecule has 1 aromatic heterocycles. The predicted molar refractivity (Wildman–Crippen MR) is 82.9 cm³/mol. The van der Waals surface area contributed by atoms with Crippen molar-refractivity contribution in [3.05, 3.63) is 36.5 Å². The van der Waals surface area contributed by atoms with Crippen LogP contribution in [0.4, 0.5) is 5.69 Å². The highest BCUT2D eigenvalue weighted by Crippen LogP contribution is 2.29. The topological polar surface area (TPSA) is 16.1 Å². The van der Waals surface area contributed by atoms with Crippen molar-refractivity contribution in [2.45, 2.75) is 12.8 Å². The number of para-hydroxylation sites is 1. The van der Waals surface area contributed by atoms with Crippen molar-refractivity contribution in [1.82, 2.24) is 4.98 Å². The Kier molecular flexibility index (Phi) is 2.88. The lowest BCUT2D eigenvalue weighted by Crippen LogP contribution is -2.58. The van der Waals surface area contributed by atoms with Crippen LogP contribution in [0.1, 0.15) is 12.8 Å². The maximum atomic E-state index is 4.48. The quantitative estimate of drug-likeness (QED) is 0.739. The van der Waals surface area contributed by atoms with Crippen LogP contribution in [0.15, 0.2) is 36.5 Å². The lowest BCUT2D eigenvalue weighted by Gasteiger charge is -2.43. The zero-order valence-electron chi connectivity index (χ0n) is 12.0. The van der Waals surface area contributed by atoms with Gasteiger partial charge in [-0.25, -0.2) is 0 Å². The van der Waals surface area contributed by atoms with Gasteiger partial charge in [-0.3, -0.25) is 4.98 Å². The minimum absolute atomic E-state index is 1.11. The van der Waals surface area contributed by atoms with Crippen LogP contribution in [0.2, 0.25) is 0 Å². The Labute approximate surface area is 120 Å². The van der Waals surface area contributed by atoms with Crippen molar-refractivity contribution in [3.8, 4) is 0 Å². The van der Waals surface area contributed by atoms with Crippen LogP contribution in [-0.2, 0) is 0 Å². The Morgan fingerprint density at radius 3 is 2.45 bits per heavy atom. The van der Waals surface area contributed by atoms with Gasteiger partial charge in [0.05, 0.1) is 44.8 Å². The van der Waals surface area contributed by atoms with E-state index in [4.69, 9.17) is 0 Å². The summed E-state index contributed by atoms with van der Waals surface area (Å²) in [5.74, 6) is 0. The number of benzene rings is 1. The third kappa shape index (κ3) is 1.97. The lowest BCUT2D eigenvalue weighted by atomic mass is 10.1. The van der Waals surface area contributed by atoms with Crippen LogP contribution in [0, 0.1) is 0 Å². The molecule has 0 amide bonds. The third-order valence-corrected chi connectivity index (χ3v) is 5.17.